The molecule has 0 saturated carbocycles. The molecule has 2 rings (SSSR count). The number of rotatable bonds is 4. The van der Waals surface area contributed by atoms with Gasteiger partial charge in [-0.05, 0) is 62.1 Å². The largest absolute Gasteiger partial charge is 0.491 e. The summed E-state index contributed by atoms with van der Waals surface area (Å²) in [6, 6.07) is 12.2. The van der Waals surface area contributed by atoms with Crippen molar-refractivity contribution in [1.29, 1.82) is 0 Å². The van der Waals surface area contributed by atoms with Gasteiger partial charge in [0.1, 0.15) is 18.5 Å². The lowest BCUT2D eigenvalue weighted by Crippen LogP contribution is -2.11. The van der Waals surface area contributed by atoms with Crippen LogP contribution in [-0.4, -0.2) is 11.7 Å². The quantitative estimate of drug-likeness (QED) is 0.908. The number of benzene rings is 2. The predicted octanol–water partition coefficient (Wildman–Crippen LogP) is 4.03. The van der Waals surface area contributed by atoms with Gasteiger partial charge in [0.2, 0.25) is 0 Å². The third kappa shape index (κ3) is 3.61. The Kier molecular flexibility index (Phi) is 4.46. The van der Waals surface area contributed by atoms with E-state index in [9.17, 15) is 5.11 Å². The Morgan fingerprint density at radius 2 is 1.55 bits per heavy atom. The molecule has 1 unspecified atom stereocenters. The van der Waals surface area contributed by atoms with Gasteiger partial charge >= 0.3 is 0 Å². The van der Waals surface area contributed by atoms with Gasteiger partial charge in [0.05, 0.1) is 0 Å². The zero-order valence-corrected chi connectivity index (χ0v) is 12.6. The highest BCUT2D eigenvalue weighted by atomic mass is 16.5. The van der Waals surface area contributed by atoms with Crippen LogP contribution < -0.4 is 4.74 Å². The molecule has 2 heteroatoms. The Morgan fingerprint density at radius 3 is 2.20 bits per heavy atom. The first kappa shape index (κ1) is 14.6. The Hall–Kier alpha value is -1.80. The monoisotopic (exact) mass is 270 g/mol. The van der Waals surface area contributed by atoms with Gasteiger partial charge in [-0.1, -0.05) is 29.8 Å². The maximum Gasteiger partial charge on any atom is 0.119 e. The smallest absolute Gasteiger partial charge is 0.119 e. The molecule has 0 fully saturated rings. The first-order chi connectivity index (χ1) is 9.45. The van der Waals surface area contributed by atoms with Gasteiger partial charge in [0, 0.05) is 0 Å². The number of aliphatic hydroxyl groups is 1. The van der Waals surface area contributed by atoms with Crippen LogP contribution in [0.25, 0.3) is 0 Å². The molecule has 0 aliphatic carbocycles. The summed E-state index contributed by atoms with van der Waals surface area (Å²) in [7, 11) is 0. The minimum Gasteiger partial charge on any atom is -0.491 e. The van der Waals surface area contributed by atoms with Crippen LogP contribution in [0, 0.1) is 27.7 Å². The second-order valence-corrected chi connectivity index (χ2v) is 5.51. The second-order valence-electron chi connectivity index (χ2n) is 5.51. The van der Waals surface area contributed by atoms with Crippen molar-refractivity contribution in [2.45, 2.75) is 33.8 Å². The van der Waals surface area contributed by atoms with Crippen LogP contribution in [0.2, 0.25) is 0 Å². The van der Waals surface area contributed by atoms with Crippen LogP contribution in [-0.2, 0) is 0 Å². The van der Waals surface area contributed by atoms with Crippen molar-refractivity contribution in [2.75, 3.05) is 6.61 Å². The summed E-state index contributed by atoms with van der Waals surface area (Å²) in [5.74, 6) is 0.812. The van der Waals surface area contributed by atoms with Crippen molar-refractivity contribution >= 4 is 0 Å². The van der Waals surface area contributed by atoms with Crippen LogP contribution in [0.3, 0.4) is 0 Å². The summed E-state index contributed by atoms with van der Waals surface area (Å²) in [5.41, 5.74) is 5.51. The van der Waals surface area contributed by atoms with E-state index in [1.54, 1.807) is 0 Å². The number of hydrogen-bond donors (Lipinski definition) is 1. The zero-order chi connectivity index (χ0) is 14.7. The zero-order valence-electron chi connectivity index (χ0n) is 12.6. The van der Waals surface area contributed by atoms with Crippen molar-refractivity contribution in [3.05, 3.63) is 64.2 Å². The first-order valence-electron chi connectivity index (χ1n) is 6.92. The van der Waals surface area contributed by atoms with Gasteiger partial charge in [0.25, 0.3) is 0 Å². The van der Waals surface area contributed by atoms with Gasteiger partial charge in [-0.15, -0.1) is 0 Å². The fourth-order valence-corrected chi connectivity index (χ4v) is 2.40. The van der Waals surface area contributed by atoms with Crippen molar-refractivity contribution in [2.24, 2.45) is 0 Å². The molecule has 2 aromatic carbocycles. The Morgan fingerprint density at radius 1 is 0.900 bits per heavy atom. The molecule has 0 heterocycles. The SMILES string of the molecule is Cc1cc(C)cc(OCC(O)c2cc(C)ccc2C)c1. The summed E-state index contributed by atoms with van der Waals surface area (Å²) < 4.78 is 5.73. The van der Waals surface area contributed by atoms with Crippen LogP contribution in [0.1, 0.15) is 33.9 Å². The molecule has 106 valence electrons. The van der Waals surface area contributed by atoms with Crippen molar-refractivity contribution < 1.29 is 9.84 Å². The van der Waals surface area contributed by atoms with Gasteiger partial charge in [0.15, 0.2) is 0 Å². The average molecular weight is 270 g/mol. The van der Waals surface area contributed by atoms with E-state index in [1.165, 1.54) is 11.1 Å². The van der Waals surface area contributed by atoms with Crippen LogP contribution in [0.4, 0.5) is 0 Å². The fraction of sp³-hybridized carbons (Fsp3) is 0.333. The fourth-order valence-electron chi connectivity index (χ4n) is 2.40. The van der Waals surface area contributed by atoms with E-state index < -0.39 is 6.10 Å². The van der Waals surface area contributed by atoms with Gasteiger partial charge in [-0.3, -0.25) is 0 Å². The predicted molar refractivity (Wildman–Crippen MR) is 82.3 cm³/mol. The van der Waals surface area contributed by atoms with E-state index >= 15 is 0 Å². The van der Waals surface area contributed by atoms with Gasteiger partial charge in [-0.25, -0.2) is 0 Å². The van der Waals surface area contributed by atoms with E-state index in [0.29, 0.717) is 0 Å². The molecule has 1 N–H and O–H groups in total. The molecule has 0 aliphatic heterocycles. The van der Waals surface area contributed by atoms with E-state index in [4.69, 9.17) is 4.74 Å². The molecule has 0 spiro atoms. The van der Waals surface area contributed by atoms with E-state index in [2.05, 4.69) is 12.1 Å². The topological polar surface area (TPSA) is 29.5 Å². The summed E-state index contributed by atoms with van der Waals surface area (Å²) in [4.78, 5) is 0. The summed E-state index contributed by atoms with van der Waals surface area (Å²) in [6.07, 6.45) is -0.601. The van der Waals surface area contributed by atoms with E-state index in [1.807, 2.05) is 52.0 Å². The molecule has 0 aliphatic rings. The Bertz CT molecular complexity index is 582. The molecular weight excluding hydrogens is 248 g/mol. The lowest BCUT2D eigenvalue weighted by atomic mass is 10.0. The minimum atomic E-state index is -0.601. The van der Waals surface area contributed by atoms with Crippen LogP contribution >= 0.6 is 0 Å². The number of aryl methyl sites for hydroxylation is 4. The molecule has 2 nitrogen and oxygen atoms in total. The van der Waals surface area contributed by atoms with Crippen LogP contribution in [0.5, 0.6) is 5.75 Å². The molecule has 1 atom stereocenters. The number of aliphatic hydroxyl groups excluding tert-OH is 1. The lowest BCUT2D eigenvalue weighted by molar-refractivity contribution is 0.107. The molecule has 0 aromatic heterocycles. The van der Waals surface area contributed by atoms with E-state index in [0.717, 1.165) is 22.4 Å². The summed E-state index contributed by atoms with van der Waals surface area (Å²) in [5, 5.41) is 10.3. The highest BCUT2D eigenvalue weighted by Crippen LogP contribution is 2.22. The third-order valence-electron chi connectivity index (χ3n) is 3.40. The third-order valence-corrected chi connectivity index (χ3v) is 3.40. The molecular formula is C18H22O2. The molecule has 0 bridgehead atoms. The molecule has 0 saturated heterocycles. The van der Waals surface area contributed by atoms with Crippen molar-refractivity contribution in [3.63, 3.8) is 0 Å². The molecule has 20 heavy (non-hydrogen) atoms. The lowest BCUT2D eigenvalue weighted by Gasteiger charge is -2.16. The summed E-state index contributed by atoms with van der Waals surface area (Å²) >= 11 is 0. The highest BCUT2D eigenvalue weighted by molar-refractivity contribution is 5.34. The normalized spacial score (nSPS) is 12.2. The molecule has 0 radical (unpaired) electrons. The summed E-state index contributed by atoms with van der Waals surface area (Å²) in [6.45, 7) is 8.39. The maximum absolute atomic E-state index is 10.3. The van der Waals surface area contributed by atoms with Crippen LogP contribution in [0.15, 0.2) is 36.4 Å². The molecule has 0 amide bonds. The van der Waals surface area contributed by atoms with Crippen molar-refractivity contribution in [1.82, 2.24) is 0 Å². The Balaban J connectivity index is 2.08. The van der Waals surface area contributed by atoms with Gasteiger partial charge in [-0.2, -0.15) is 0 Å². The molecule has 2 aromatic rings. The first-order valence-corrected chi connectivity index (χ1v) is 6.92. The van der Waals surface area contributed by atoms with Crippen molar-refractivity contribution in [3.8, 4) is 5.75 Å². The van der Waals surface area contributed by atoms with E-state index in [-0.39, 0.29) is 6.61 Å². The highest BCUT2D eigenvalue weighted by Gasteiger charge is 2.11. The average Bonchev–Trinajstić information content (AvgIpc) is 2.38. The second kappa shape index (κ2) is 6.10. The van der Waals surface area contributed by atoms with Gasteiger partial charge < -0.3 is 9.84 Å². The standard InChI is InChI=1S/C18H22O2/c1-12-5-6-15(4)17(10-12)18(19)11-20-16-8-13(2)7-14(3)9-16/h5-10,18-19H,11H2,1-4H3. The Labute approximate surface area is 121 Å². The minimum absolute atomic E-state index is 0.271. The number of ether oxygens (including phenoxy) is 1. The number of hydrogen-bond acceptors (Lipinski definition) is 2. The maximum atomic E-state index is 10.3.